The first-order valence-electron chi connectivity index (χ1n) is 17.8. The minimum atomic E-state index is -0.732. The van der Waals surface area contributed by atoms with Crippen LogP contribution in [0.1, 0.15) is 50.0 Å². The van der Waals surface area contributed by atoms with E-state index in [2.05, 4.69) is 47.3 Å². The molecule has 5 heterocycles. The largest absolute Gasteiger partial charge is 0.504 e. The van der Waals surface area contributed by atoms with Crippen LogP contribution < -0.4 is 25.6 Å². The number of ether oxygens (including phenoxy) is 1. The van der Waals surface area contributed by atoms with E-state index < -0.39 is 11.6 Å². The average molecular weight is 693 g/mol. The predicted octanol–water partition coefficient (Wildman–Crippen LogP) is 4.48. The van der Waals surface area contributed by atoms with Crippen molar-refractivity contribution in [3.63, 3.8) is 0 Å². The number of hydrogen-bond acceptors (Lipinski definition) is 11. The van der Waals surface area contributed by atoms with Crippen molar-refractivity contribution in [1.29, 1.82) is 0 Å². The number of imide groups is 1. The van der Waals surface area contributed by atoms with Crippen LogP contribution in [0.25, 0.3) is 22.5 Å². The summed E-state index contributed by atoms with van der Waals surface area (Å²) in [4.78, 5) is 36.1. The molecule has 4 aromatic rings. The molecule has 4 aliphatic rings. The maximum absolute atomic E-state index is 14.0. The third kappa shape index (κ3) is 6.42. The molecule has 8 rings (SSSR count). The number of piperazine rings is 1. The molecule has 2 amide bonds. The number of carbonyl (C=O) groups excluding carboxylic acids is 2. The summed E-state index contributed by atoms with van der Waals surface area (Å²) >= 11 is 0. The maximum atomic E-state index is 14.0. The number of nitrogens with zero attached hydrogens (tertiary/aromatic N) is 6. The van der Waals surface area contributed by atoms with Gasteiger partial charge in [0.1, 0.15) is 18.4 Å². The Morgan fingerprint density at radius 2 is 1.69 bits per heavy atom. The number of amides is 2. The molecule has 4 N–H and O–H groups in total. The molecule has 0 unspecified atom stereocenters. The minimum absolute atomic E-state index is 0.200. The van der Waals surface area contributed by atoms with Crippen molar-refractivity contribution < 1.29 is 23.8 Å². The van der Waals surface area contributed by atoms with Gasteiger partial charge in [-0.2, -0.15) is 0 Å². The van der Waals surface area contributed by atoms with E-state index in [9.17, 15) is 19.1 Å². The Morgan fingerprint density at radius 1 is 0.882 bits per heavy atom. The highest BCUT2D eigenvalue weighted by atomic mass is 19.1. The lowest BCUT2D eigenvalue weighted by Gasteiger charge is -2.43. The van der Waals surface area contributed by atoms with Crippen molar-refractivity contribution in [1.82, 2.24) is 25.4 Å². The molecular formula is C38H41FN8O4. The van der Waals surface area contributed by atoms with Crippen molar-refractivity contribution in [3.8, 4) is 34.0 Å². The number of anilines is 3. The topological polar surface area (TPSA) is 150 Å². The zero-order valence-corrected chi connectivity index (χ0v) is 28.3. The molecule has 1 aliphatic carbocycles. The van der Waals surface area contributed by atoms with Crippen LogP contribution >= 0.6 is 0 Å². The summed E-state index contributed by atoms with van der Waals surface area (Å²) in [5, 5.41) is 20.9. The second-order valence-electron chi connectivity index (χ2n) is 13.8. The Hall–Kier alpha value is -5.30. The standard InChI is InChI=1S/C38H41FN8O4/c39-29-5-1-4-27(35(29)49)31-22-28(37(40)44-43-31)30-21-25(13-14-41-30)46-17-15-45(16-18-46)24-9-7-23(8-10-24)26-3-2-6-32-36(26)51-20-19-47(32)33-11-12-34(48)42-38(33)50/h1-6,13-14,21-24,33,49H,7-12,15-20H2,(H2,40,44)(H,42,48,50)/t23?,24?,33-/m1/s1. The van der Waals surface area contributed by atoms with Crippen LogP contribution in [0.5, 0.6) is 11.5 Å². The monoisotopic (exact) mass is 692 g/mol. The fourth-order valence-corrected chi connectivity index (χ4v) is 8.24. The van der Waals surface area contributed by atoms with Gasteiger partial charge in [-0.05, 0) is 80.0 Å². The number of piperidine rings is 1. The molecule has 0 spiro atoms. The lowest BCUT2D eigenvalue weighted by atomic mass is 9.80. The highest BCUT2D eigenvalue weighted by Crippen LogP contribution is 2.45. The zero-order chi connectivity index (χ0) is 35.1. The summed E-state index contributed by atoms with van der Waals surface area (Å²) in [5.74, 6) is -0.137. The summed E-state index contributed by atoms with van der Waals surface area (Å²) < 4.78 is 20.3. The van der Waals surface area contributed by atoms with Crippen molar-refractivity contribution in [3.05, 3.63) is 72.2 Å². The first kappa shape index (κ1) is 32.9. The van der Waals surface area contributed by atoms with Gasteiger partial charge in [0, 0.05) is 61.7 Å². The summed E-state index contributed by atoms with van der Waals surface area (Å²) in [6.07, 6.45) is 7.02. The second-order valence-corrected chi connectivity index (χ2v) is 13.8. The predicted molar refractivity (Wildman–Crippen MR) is 191 cm³/mol. The number of aromatic nitrogens is 3. The Balaban J connectivity index is 0.900. The first-order valence-corrected chi connectivity index (χ1v) is 17.8. The van der Waals surface area contributed by atoms with Crippen LogP contribution in [0.2, 0.25) is 0 Å². The van der Waals surface area contributed by atoms with Gasteiger partial charge in [-0.1, -0.05) is 18.2 Å². The lowest BCUT2D eigenvalue weighted by Crippen LogP contribution is -2.54. The van der Waals surface area contributed by atoms with Gasteiger partial charge in [-0.25, -0.2) is 4.39 Å². The van der Waals surface area contributed by atoms with Gasteiger partial charge in [0.05, 0.1) is 23.6 Å². The third-order valence-corrected chi connectivity index (χ3v) is 10.9. The van der Waals surface area contributed by atoms with Crippen molar-refractivity contribution in [2.24, 2.45) is 0 Å². The molecule has 2 aromatic heterocycles. The number of carbonyl (C=O) groups is 2. The molecule has 1 saturated carbocycles. The summed E-state index contributed by atoms with van der Waals surface area (Å²) in [6, 6.07) is 16.4. The smallest absolute Gasteiger partial charge is 0.249 e. The summed E-state index contributed by atoms with van der Waals surface area (Å²) in [6.45, 7) is 4.82. The highest BCUT2D eigenvalue weighted by Gasteiger charge is 2.37. The molecule has 3 fully saturated rings. The second kappa shape index (κ2) is 13.8. The van der Waals surface area contributed by atoms with Gasteiger partial charge >= 0.3 is 0 Å². The number of benzene rings is 2. The zero-order valence-electron chi connectivity index (χ0n) is 28.3. The van der Waals surface area contributed by atoms with E-state index in [4.69, 9.17) is 10.5 Å². The molecule has 13 heteroatoms. The number of nitrogen functional groups attached to an aromatic ring is 1. The Morgan fingerprint density at radius 3 is 2.49 bits per heavy atom. The number of rotatable bonds is 6. The normalized spacial score (nSPS) is 22.6. The molecule has 3 aliphatic heterocycles. The summed E-state index contributed by atoms with van der Waals surface area (Å²) in [7, 11) is 0. The van der Waals surface area contributed by atoms with E-state index in [-0.39, 0.29) is 29.2 Å². The van der Waals surface area contributed by atoms with Crippen molar-refractivity contribution in [2.75, 3.05) is 54.9 Å². The average Bonchev–Trinajstić information content (AvgIpc) is 3.16. The van der Waals surface area contributed by atoms with E-state index in [0.717, 1.165) is 69.0 Å². The number of hydrogen-bond donors (Lipinski definition) is 3. The quantitative estimate of drug-likeness (QED) is 0.246. The Labute approximate surface area is 295 Å². The molecule has 0 bridgehead atoms. The number of para-hydroxylation sites is 2. The van der Waals surface area contributed by atoms with Crippen LogP contribution in [-0.4, -0.2) is 88.4 Å². The highest BCUT2D eigenvalue weighted by molar-refractivity contribution is 6.02. The number of nitrogens with one attached hydrogen (secondary N) is 1. The molecule has 2 saturated heterocycles. The molecule has 0 radical (unpaired) electrons. The lowest BCUT2D eigenvalue weighted by molar-refractivity contribution is -0.134. The number of nitrogens with two attached hydrogens (primary N) is 1. The molecule has 51 heavy (non-hydrogen) atoms. The SMILES string of the molecule is Nc1nnc(-c2cccc(F)c2O)cc1-c1cc(N2CCN(C3CCC(c4cccc5c4OCCN5[C@@H]4CCC(=O)NC4=O)CC3)CC2)ccn1. The van der Waals surface area contributed by atoms with Gasteiger partial charge in [-0.15, -0.1) is 10.2 Å². The number of pyridine rings is 1. The number of halogens is 1. The number of phenols is 1. The molecule has 264 valence electrons. The molecular weight excluding hydrogens is 651 g/mol. The third-order valence-electron chi connectivity index (χ3n) is 10.9. The molecule has 1 atom stereocenters. The maximum Gasteiger partial charge on any atom is 0.249 e. The molecule has 12 nitrogen and oxygen atoms in total. The van der Waals surface area contributed by atoms with E-state index in [0.29, 0.717) is 54.9 Å². The number of phenolic OH excluding ortho intramolecular Hbond substituents is 1. The van der Waals surface area contributed by atoms with Crippen LogP contribution in [0.4, 0.5) is 21.6 Å². The fraction of sp³-hybridized carbons (Fsp3) is 0.395. The first-order chi connectivity index (χ1) is 24.8. The van der Waals surface area contributed by atoms with E-state index >= 15 is 0 Å². The van der Waals surface area contributed by atoms with Gasteiger partial charge in [0.25, 0.3) is 0 Å². The Kier molecular flexibility index (Phi) is 8.89. The Bertz CT molecular complexity index is 1960. The minimum Gasteiger partial charge on any atom is -0.504 e. The van der Waals surface area contributed by atoms with Crippen LogP contribution in [0, 0.1) is 5.82 Å². The van der Waals surface area contributed by atoms with Gasteiger partial charge in [0.15, 0.2) is 17.4 Å². The number of fused-ring (bicyclic) bond motifs is 1. The van der Waals surface area contributed by atoms with Gasteiger partial charge in [0.2, 0.25) is 11.8 Å². The molecule has 2 aromatic carbocycles. The van der Waals surface area contributed by atoms with Crippen LogP contribution in [0.15, 0.2) is 60.8 Å². The number of aromatic hydroxyl groups is 1. The van der Waals surface area contributed by atoms with E-state index in [1.807, 2.05) is 18.2 Å². The van der Waals surface area contributed by atoms with Crippen LogP contribution in [-0.2, 0) is 9.59 Å². The van der Waals surface area contributed by atoms with Gasteiger partial charge in [-0.3, -0.25) is 24.8 Å². The van der Waals surface area contributed by atoms with Gasteiger partial charge < -0.3 is 25.4 Å². The summed E-state index contributed by atoms with van der Waals surface area (Å²) in [5.41, 5.74) is 11.2. The van der Waals surface area contributed by atoms with Crippen LogP contribution in [0.3, 0.4) is 0 Å². The van der Waals surface area contributed by atoms with E-state index in [1.54, 1.807) is 18.3 Å². The van der Waals surface area contributed by atoms with Crippen molar-refractivity contribution >= 4 is 29.0 Å². The van der Waals surface area contributed by atoms with Crippen molar-refractivity contribution in [2.45, 2.75) is 56.5 Å². The fourth-order valence-electron chi connectivity index (χ4n) is 8.24. The van der Waals surface area contributed by atoms with E-state index in [1.165, 1.54) is 17.7 Å².